The van der Waals surface area contributed by atoms with Crippen molar-refractivity contribution in [2.24, 2.45) is 0 Å². The summed E-state index contributed by atoms with van der Waals surface area (Å²) in [6.45, 7) is 1.97. The molecule has 0 saturated heterocycles. The second-order valence-corrected chi connectivity index (χ2v) is 7.19. The van der Waals surface area contributed by atoms with Crippen LogP contribution in [0.15, 0.2) is 23.1 Å². The molecule has 3 aromatic heterocycles. The molecule has 3 N–H and O–H groups in total. The van der Waals surface area contributed by atoms with Gasteiger partial charge in [-0.05, 0) is 31.9 Å². The number of aliphatic hydroxyl groups is 1. The molecule has 3 aromatic rings. The fourth-order valence-electron chi connectivity index (χ4n) is 3.74. The van der Waals surface area contributed by atoms with E-state index < -0.39 is 5.82 Å². The minimum Gasteiger partial charge on any atom is -0.479 e. The molecular formula is C20H22FN5O4. The normalized spacial score (nSPS) is 18.4. The van der Waals surface area contributed by atoms with Crippen molar-refractivity contribution in [1.82, 2.24) is 19.5 Å². The maximum Gasteiger partial charge on any atom is 0.260 e. The highest BCUT2D eigenvalue weighted by Crippen LogP contribution is 2.36. The number of ether oxygens (including phenoxy) is 2. The number of nitrogens with zero attached hydrogens (tertiary/aromatic N) is 4. The number of hydrogen-bond donors (Lipinski definition) is 2. The third-order valence-corrected chi connectivity index (χ3v) is 5.29. The van der Waals surface area contributed by atoms with Gasteiger partial charge in [0.15, 0.2) is 5.82 Å². The Morgan fingerprint density at radius 2 is 2.10 bits per heavy atom. The molecular weight excluding hydrogens is 393 g/mol. The van der Waals surface area contributed by atoms with Crippen molar-refractivity contribution < 1.29 is 19.0 Å². The number of aryl methyl sites for hydroxylation is 1. The van der Waals surface area contributed by atoms with Crippen molar-refractivity contribution in [2.45, 2.75) is 31.9 Å². The Balaban J connectivity index is 1.86. The number of anilines is 1. The van der Waals surface area contributed by atoms with Crippen molar-refractivity contribution in [3.05, 3.63) is 40.2 Å². The average Bonchev–Trinajstić information content (AvgIpc) is 2.68. The van der Waals surface area contributed by atoms with Crippen molar-refractivity contribution in [1.29, 1.82) is 0 Å². The fraction of sp³-hybridized carbons (Fsp3) is 0.400. The minimum atomic E-state index is -0.660. The molecule has 1 aliphatic rings. The van der Waals surface area contributed by atoms with Gasteiger partial charge in [0.25, 0.3) is 5.56 Å². The lowest BCUT2D eigenvalue weighted by Gasteiger charge is -2.36. The molecule has 0 amide bonds. The van der Waals surface area contributed by atoms with Crippen LogP contribution in [0.3, 0.4) is 0 Å². The van der Waals surface area contributed by atoms with Gasteiger partial charge in [-0.1, -0.05) is 0 Å². The summed E-state index contributed by atoms with van der Waals surface area (Å²) in [5.74, 6) is -0.729. The number of methoxy groups -OCH3 is 1. The predicted octanol–water partition coefficient (Wildman–Crippen LogP) is 1.60. The first-order valence-electron chi connectivity index (χ1n) is 9.54. The van der Waals surface area contributed by atoms with Gasteiger partial charge in [-0.15, -0.1) is 0 Å². The molecule has 0 aliphatic heterocycles. The fourth-order valence-corrected chi connectivity index (χ4v) is 3.74. The molecule has 0 radical (unpaired) electrons. The third-order valence-electron chi connectivity index (χ3n) is 5.29. The van der Waals surface area contributed by atoms with E-state index in [4.69, 9.17) is 20.3 Å². The number of aromatic nitrogens is 4. The van der Waals surface area contributed by atoms with E-state index in [0.29, 0.717) is 35.1 Å². The Morgan fingerprint density at radius 3 is 2.77 bits per heavy atom. The van der Waals surface area contributed by atoms with Gasteiger partial charge in [-0.25, -0.2) is 14.4 Å². The summed E-state index contributed by atoms with van der Waals surface area (Å²) < 4.78 is 26.2. The van der Waals surface area contributed by atoms with Crippen LogP contribution in [-0.2, 0) is 4.74 Å². The molecule has 30 heavy (non-hydrogen) atoms. The molecule has 0 atom stereocenters. The summed E-state index contributed by atoms with van der Waals surface area (Å²) >= 11 is 0. The summed E-state index contributed by atoms with van der Waals surface area (Å²) in [5, 5.41) is 9.58. The summed E-state index contributed by atoms with van der Waals surface area (Å²) in [4.78, 5) is 25.9. The summed E-state index contributed by atoms with van der Waals surface area (Å²) in [6.07, 6.45) is 2.54. The van der Waals surface area contributed by atoms with E-state index in [2.05, 4.69) is 15.0 Å². The van der Waals surface area contributed by atoms with E-state index in [1.165, 1.54) is 19.4 Å². The highest BCUT2D eigenvalue weighted by atomic mass is 19.1. The van der Waals surface area contributed by atoms with Crippen LogP contribution in [0.5, 0.6) is 5.88 Å². The zero-order valence-corrected chi connectivity index (χ0v) is 16.6. The molecule has 0 spiro atoms. The van der Waals surface area contributed by atoms with Gasteiger partial charge in [0.2, 0.25) is 11.8 Å². The topological polar surface area (TPSA) is 125 Å². The van der Waals surface area contributed by atoms with Crippen LogP contribution in [0.2, 0.25) is 0 Å². The number of pyridine rings is 2. The van der Waals surface area contributed by atoms with Crippen LogP contribution >= 0.6 is 0 Å². The lowest BCUT2D eigenvalue weighted by molar-refractivity contribution is -0.0381. The highest BCUT2D eigenvalue weighted by molar-refractivity contribution is 5.84. The number of nitrogens with two attached hydrogens (primary N) is 1. The smallest absolute Gasteiger partial charge is 0.260 e. The standard InChI is InChI=1S/C20H22FN5O4/c1-10-14-8-15(11-5-16(21)18(29-2)23-9-11)19(28)26(17(14)25-20(22)24-10)12-6-13(7-12)30-4-3-27/h5,8-9,12-13,27H,3-4,6-7H2,1-2H3,(H2,22,24,25)/t12-,13-. The van der Waals surface area contributed by atoms with Gasteiger partial charge >= 0.3 is 0 Å². The zero-order chi connectivity index (χ0) is 21.4. The molecule has 1 aliphatic carbocycles. The van der Waals surface area contributed by atoms with Crippen LogP contribution in [0.4, 0.5) is 10.3 Å². The first-order valence-corrected chi connectivity index (χ1v) is 9.54. The van der Waals surface area contributed by atoms with Gasteiger partial charge in [0.05, 0.1) is 32.1 Å². The number of fused-ring (bicyclic) bond motifs is 1. The number of rotatable bonds is 6. The quantitative estimate of drug-likeness (QED) is 0.622. The maximum atomic E-state index is 14.2. The van der Waals surface area contributed by atoms with Gasteiger partial charge in [-0.2, -0.15) is 4.98 Å². The van der Waals surface area contributed by atoms with Crippen LogP contribution < -0.4 is 16.0 Å². The Kier molecular flexibility index (Phi) is 5.35. The van der Waals surface area contributed by atoms with Gasteiger partial charge in [-0.3, -0.25) is 9.36 Å². The van der Waals surface area contributed by atoms with E-state index in [9.17, 15) is 9.18 Å². The Morgan fingerprint density at radius 1 is 1.33 bits per heavy atom. The first-order chi connectivity index (χ1) is 14.4. The van der Waals surface area contributed by atoms with Crippen molar-refractivity contribution >= 4 is 17.0 Å². The lowest BCUT2D eigenvalue weighted by Crippen LogP contribution is -2.39. The summed E-state index contributed by atoms with van der Waals surface area (Å²) in [5.41, 5.74) is 7.17. The molecule has 10 heteroatoms. The Bertz CT molecular complexity index is 1160. The SMILES string of the molecule is COc1ncc(-c2cc3c(C)nc(N)nc3n([C@H]3C[C@H](OCCO)C3)c2=O)cc1F. The van der Waals surface area contributed by atoms with Crippen molar-refractivity contribution in [3.8, 4) is 17.0 Å². The average molecular weight is 415 g/mol. The number of halogens is 1. The summed E-state index contributed by atoms with van der Waals surface area (Å²) in [6, 6.07) is 2.71. The molecule has 0 unspecified atom stereocenters. The maximum absolute atomic E-state index is 14.2. The van der Waals surface area contributed by atoms with E-state index in [0.717, 1.165) is 0 Å². The Hall–Kier alpha value is -3.11. The number of aliphatic hydroxyl groups excluding tert-OH is 1. The Labute approximate surface area is 171 Å². The van der Waals surface area contributed by atoms with E-state index >= 15 is 0 Å². The van der Waals surface area contributed by atoms with Gasteiger partial charge in [0, 0.05) is 28.8 Å². The summed E-state index contributed by atoms with van der Waals surface area (Å²) in [7, 11) is 1.32. The van der Waals surface area contributed by atoms with Gasteiger partial charge in [0.1, 0.15) is 5.65 Å². The molecule has 158 valence electrons. The van der Waals surface area contributed by atoms with E-state index in [-0.39, 0.29) is 48.3 Å². The van der Waals surface area contributed by atoms with Crippen molar-refractivity contribution in [3.63, 3.8) is 0 Å². The van der Waals surface area contributed by atoms with Crippen LogP contribution in [-0.4, -0.2) is 51.1 Å². The van der Waals surface area contributed by atoms with E-state index in [1.807, 2.05) is 0 Å². The molecule has 9 nitrogen and oxygen atoms in total. The molecule has 1 fully saturated rings. The number of hydrogen-bond acceptors (Lipinski definition) is 8. The van der Waals surface area contributed by atoms with Crippen molar-refractivity contribution in [2.75, 3.05) is 26.1 Å². The van der Waals surface area contributed by atoms with Crippen LogP contribution in [0, 0.1) is 12.7 Å². The molecule has 4 rings (SSSR count). The second kappa shape index (κ2) is 7.96. The first kappa shape index (κ1) is 20.2. The second-order valence-electron chi connectivity index (χ2n) is 7.19. The lowest BCUT2D eigenvalue weighted by atomic mass is 9.88. The van der Waals surface area contributed by atoms with E-state index in [1.54, 1.807) is 17.6 Å². The molecule has 1 saturated carbocycles. The zero-order valence-electron chi connectivity index (χ0n) is 16.6. The molecule has 3 heterocycles. The largest absolute Gasteiger partial charge is 0.479 e. The monoisotopic (exact) mass is 415 g/mol. The molecule has 0 aromatic carbocycles. The van der Waals surface area contributed by atoms with Crippen LogP contribution in [0.1, 0.15) is 24.6 Å². The molecule has 0 bridgehead atoms. The third kappa shape index (κ3) is 3.48. The predicted molar refractivity (Wildman–Crippen MR) is 108 cm³/mol. The number of nitrogen functional groups attached to an aromatic ring is 1. The minimum absolute atomic E-state index is 0.0480. The van der Waals surface area contributed by atoms with Crippen LogP contribution in [0.25, 0.3) is 22.2 Å². The van der Waals surface area contributed by atoms with Gasteiger partial charge < -0.3 is 20.3 Å². The highest BCUT2D eigenvalue weighted by Gasteiger charge is 2.34.